The molecule has 1 N–H and O–H groups in total. The largest absolute Gasteiger partial charge is 0.490 e. The first kappa shape index (κ1) is 24.1. The highest BCUT2D eigenvalue weighted by Gasteiger charge is 2.35. The molecule has 33 heavy (non-hydrogen) atoms. The maximum atomic E-state index is 13.2. The minimum Gasteiger partial charge on any atom is -0.490 e. The molecule has 1 aliphatic rings. The number of amides is 2. The van der Waals surface area contributed by atoms with Crippen LogP contribution >= 0.6 is 0 Å². The van der Waals surface area contributed by atoms with E-state index in [4.69, 9.17) is 14.2 Å². The molecule has 2 aromatic rings. The summed E-state index contributed by atoms with van der Waals surface area (Å²) in [7, 11) is 0. The Kier molecular flexibility index (Phi) is 9.11. The summed E-state index contributed by atoms with van der Waals surface area (Å²) in [6.07, 6.45) is 1.49. The van der Waals surface area contributed by atoms with Gasteiger partial charge in [-0.2, -0.15) is 0 Å². The zero-order chi connectivity index (χ0) is 23.5. The van der Waals surface area contributed by atoms with Crippen molar-refractivity contribution in [3.8, 4) is 11.5 Å². The van der Waals surface area contributed by atoms with Gasteiger partial charge in [0, 0.05) is 18.7 Å². The zero-order valence-electron chi connectivity index (χ0n) is 18.8. The van der Waals surface area contributed by atoms with Gasteiger partial charge in [0.05, 0.1) is 13.0 Å². The van der Waals surface area contributed by atoms with E-state index in [1.165, 1.54) is 4.90 Å². The summed E-state index contributed by atoms with van der Waals surface area (Å²) in [6.45, 7) is 3.62. The van der Waals surface area contributed by atoms with Crippen LogP contribution in [-0.4, -0.2) is 61.6 Å². The number of para-hydroxylation sites is 1. The molecule has 8 heteroatoms. The van der Waals surface area contributed by atoms with E-state index in [9.17, 15) is 14.4 Å². The van der Waals surface area contributed by atoms with E-state index < -0.39 is 12.0 Å². The lowest BCUT2D eigenvalue weighted by Gasteiger charge is -2.34. The minimum absolute atomic E-state index is 0.172. The van der Waals surface area contributed by atoms with E-state index in [0.29, 0.717) is 44.2 Å². The molecule has 0 aliphatic carbocycles. The van der Waals surface area contributed by atoms with E-state index >= 15 is 0 Å². The van der Waals surface area contributed by atoms with Crippen LogP contribution < -0.4 is 14.8 Å². The van der Waals surface area contributed by atoms with Crippen molar-refractivity contribution in [1.29, 1.82) is 0 Å². The number of nitrogens with zero attached hydrogens (tertiary/aromatic N) is 1. The van der Waals surface area contributed by atoms with Crippen LogP contribution in [0.2, 0.25) is 0 Å². The highest BCUT2D eigenvalue weighted by atomic mass is 16.5. The summed E-state index contributed by atoms with van der Waals surface area (Å²) in [5, 5.41) is 2.72. The van der Waals surface area contributed by atoms with Gasteiger partial charge in [-0.15, -0.1) is 0 Å². The molecular formula is C25H30N2O6. The molecular weight excluding hydrogens is 424 g/mol. The third kappa shape index (κ3) is 7.24. The highest BCUT2D eigenvalue weighted by molar-refractivity contribution is 5.99. The Bertz CT molecular complexity index is 934. The van der Waals surface area contributed by atoms with Gasteiger partial charge in [-0.1, -0.05) is 37.6 Å². The smallest absolute Gasteiger partial charge is 0.308 e. The molecule has 0 radical (unpaired) electrons. The van der Waals surface area contributed by atoms with Gasteiger partial charge >= 0.3 is 5.97 Å². The molecule has 1 saturated heterocycles. The Labute approximate surface area is 193 Å². The lowest BCUT2D eigenvalue weighted by molar-refractivity contribution is -0.147. The van der Waals surface area contributed by atoms with Crippen LogP contribution in [-0.2, 0) is 14.3 Å². The fourth-order valence-corrected chi connectivity index (χ4v) is 3.43. The Morgan fingerprint density at radius 1 is 1.00 bits per heavy atom. The number of ether oxygens (including phenoxy) is 3. The maximum absolute atomic E-state index is 13.2. The first-order valence-corrected chi connectivity index (χ1v) is 11.2. The molecule has 8 nitrogen and oxygen atoms in total. The molecule has 0 bridgehead atoms. The topological polar surface area (TPSA) is 94.2 Å². The van der Waals surface area contributed by atoms with Crippen molar-refractivity contribution in [1.82, 2.24) is 10.2 Å². The van der Waals surface area contributed by atoms with Gasteiger partial charge < -0.3 is 24.4 Å². The molecule has 1 heterocycles. The number of rotatable bonds is 11. The average Bonchev–Trinajstić information content (AvgIpc) is 2.84. The molecule has 1 unspecified atom stereocenters. The highest BCUT2D eigenvalue weighted by Crippen LogP contribution is 2.19. The van der Waals surface area contributed by atoms with Crippen LogP contribution in [0.15, 0.2) is 54.6 Å². The monoisotopic (exact) mass is 454 g/mol. The van der Waals surface area contributed by atoms with E-state index in [-0.39, 0.29) is 18.2 Å². The number of benzene rings is 2. The molecule has 1 fully saturated rings. The Balaban J connectivity index is 1.58. The molecule has 0 saturated carbocycles. The summed E-state index contributed by atoms with van der Waals surface area (Å²) >= 11 is 0. The summed E-state index contributed by atoms with van der Waals surface area (Å²) in [6, 6.07) is 15.3. The van der Waals surface area contributed by atoms with Gasteiger partial charge in [-0.3, -0.25) is 14.4 Å². The number of carbonyl (C=O) groups is 3. The van der Waals surface area contributed by atoms with Gasteiger partial charge in [0.15, 0.2) is 0 Å². The number of nitrogens with one attached hydrogen (secondary N) is 1. The van der Waals surface area contributed by atoms with Crippen molar-refractivity contribution in [3.63, 3.8) is 0 Å². The zero-order valence-corrected chi connectivity index (χ0v) is 18.8. The number of hydrogen-bond donors (Lipinski definition) is 1. The molecule has 1 atom stereocenters. The van der Waals surface area contributed by atoms with E-state index in [0.717, 1.165) is 18.6 Å². The van der Waals surface area contributed by atoms with Crippen molar-refractivity contribution >= 4 is 17.8 Å². The molecule has 176 valence electrons. The lowest BCUT2D eigenvalue weighted by Crippen LogP contribution is -2.57. The Morgan fingerprint density at radius 2 is 1.73 bits per heavy atom. The third-order valence-corrected chi connectivity index (χ3v) is 5.16. The van der Waals surface area contributed by atoms with Gasteiger partial charge in [-0.25, -0.2) is 0 Å². The van der Waals surface area contributed by atoms with E-state index in [1.807, 2.05) is 37.3 Å². The van der Waals surface area contributed by atoms with Gasteiger partial charge in [0.1, 0.15) is 30.8 Å². The van der Waals surface area contributed by atoms with E-state index in [2.05, 4.69) is 5.32 Å². The van der Waals surface area contributed by atoms with Crippen molar-refractivity contribution in [2.75, 3.05) is 32.9 Å². The van der Waals surface area contributed by atoms with Crippen LogP contribution in [0.4, 0.5) is 0 Å². The fourth-order valence-electron chi connectivity index (χ4n) is 3.43. The molecule has 0 aromatic heterocycles. The predicted octanol–water partition coefficient (Wildman–Crippen LogP) is 2.82. The fraction of sp³-hybridized carbons (Fsp3) is 0.400. The number of hydrogen-bond acceptors (Lipinski definition) is 6. The normalized spacial score (nSPS) is 15.5. The second-order valence-electron chi connectivity index (χ2n) is 7.62. The van der Waals surface area contributed by atoms with Crippen LogP contribution in [0.3, 0.4) is 0 Å². The molecule has 2 aromatic carbocycles. The SMILES string of the molecule is CCCCOC(=O)CC1C(=O)NCCN1C(=O)c1cccc(OCCOc2ccccc2)c1. The number of unbranched alkanes of at least 4 members (excludes halogenated alkanes) is 1. The van der Waals surface area contributed by atoms with Gasteiger partial charge in [0.25, 0.3) is 5.91 Å². The number of piperazine rings is 1. The third-order valence-electron chi connectivity index (χ3n) is 5.16. The van der Waals surface area contributed by atoms with Crippen molar-refractivity contribution in [2.45, 2.75) is 32.2 Å². The molecule has 3 rings (SSSR count). The second kappa shape index (κ2) is 12.5. The van der Waals surface area contributed by atoms with Crippen molar-refractivity contribution in [3.05, 3.63) is 60.2 Å². The van der Waals surface area contributed by atoms with Gasteiger partial charge in [0.2, 0.25) is 5.91 Å². The van der Waals surface area contributed by atoms with Crippen LogP contribution in [0.5, 0.6) is 11.5 Å². The van der Waals surface area contributed by atoms with Crippen molar-refractivity contribution in [2.24, 2.45) is 0 Å². The summed E-state index contributed by atoms with van der Waals surface area (Å²) in [5.74, 6) is 0.107. The van der Waals surface area contributed by atoms with Crippen LogP contribution in [0, 0.1) is 0 Å². The Morgan fingerprint density at radius 3 is 2.48 bits per heavy atom. The van der Waals surface area contributed by atoms with E-state index in [1.54, 1.807) is 24.3 Å². The molecule has 1 aliphatic heterocycles. The van der Waals surface area contributed by atoms with Crippen molar-refractivity contribution < 1.29 is 28.6 Å². The first-order chi connectivity index (χ1) is 16.1. The van der Waals surface area contributed by atoms with Crippen LogP contribution in [0.25, 0.3) is 0 Å². The Hall–Kier alpha value is -3.55. The quantitative estimate of drug-likeness (QED) is 0.415. The predicted molar refractivity (Wildman–Crippen MR) is 122 cm³/mol. The van der Waals surface area contributed by atoms with Gasteiger partial charge in [-0.05, 0) is 36.8 Å². The maximum Gasteiger partial charge on any atom is 0.308 e. The summed E-state index contributed by atoms with van der Waals surface area (Å²) < 4.78 is 16.5. The molecule has 0 spiro atoms. The second-order valence-corrected chi connectivity index (χ2v) is 7.62. The summed E-state index contributed by atoms with van der Waals surface area (Å²) in [4.78, 5) is 39.2. The first-order valence-electron chi connectivity index (χ1n) is 11.2. The number of esters is 1. The summed E-state index contributed by atoms with van der Waals surface area (Å²) in [5.41, 5.74) is 0.385. The average molecular weight is 455 g/mol. The molecule has 2 amide bonds. The lowest BCUT2D eigenvalue weighted by atomic mass is 10.1. The minimum atomic E-state index is -0.899. The standard InChI is InChI=1S/C25H30N2O6/c1-2-3-14-33-23(28)18-22-24(29)26-12-13-27(22)25(30)19-8-7-11-21(17-19)32-16-15-31-20-9-5-4-6-10-20/h4-11,17,22H,2-3,12-16,18H2,1H3,(H,26,29). The van der Waals surface area contributed by atoms with Crippen LogP contribution in [0.1, 0.15) is 36.5 Å². The number of carbonyl (C=O) groups excluding carboxylic acids is 3.